The molecular weight excluding hydrogens is 359 g/mol. The van der Waals surface area contributed by atoms with Crippen molar-refractivity contribution in [2.24, 2.45) is 0 Å². The molecule has 0 unspecified atom stereocenters. The average Bonchev–Trinajstić information content (AvgIpc) is 2.47. The quantitative estimate of drug-likeness (QED) is 0.315. The van der Waals surface area contributed by atoms with Crippen LogP contribution in [0.25, 0.3) is 21.8 Å². The molecular formula is C17H18Cl2FeN2. The van der Waals surface area contributed by atoms with Gasteiger partial charge < -0.3 is 24.8 Å². The monoisotopic (exact) mass is 376 g/mol. The zero-order chi connectivity index (χ0) is 13.1. The first-order valence-electron chi connectivity index (χ1n) is 7.02. The summed E-state index contributed by atoms with van der Waals surface area (Å²) >= 11 is 0. The molecule has 0 N–H and O–H groups in total. The summed E-state index contributed by atoms with van der Waals surface area (Å²) in [6.45, 7) is 2.23. The summed E-state index contributed by atoms with van der Waals surface area (Å²) in [6.07, 6.45) is 6.64. The number of fused-ring (bicyclic) bond motifs is 3. The fourth-order valence-corrected chi connectivity index (χ4v) is 2.46. The topological polar surface area (TPSA) is 25.8 Å². The van der Waals surface area contributed by atoms with E-state index in [4.69, 9.17) is 4.98 Å². The van der Waals surface area contributed by atoms with Crippen LogP contribution in [0, 0.1) is 0 Å². The fraction of sp³-hybridized carbons (Fsp3) is 0.294. The Bertz CT molecular complexity index is 719. The van der Waals surface area contributed by atoms with E-state index in [0.717, 1.165) is 22.8 Å². The normalized spacial score (nSPS) is 9.68. The zero-order valence-electron chi connectivity index (χ0n) is 12.4. The smallest absolute Gasteiger partial charge is 1.00 e. The van der Waals surface area contributed by atoms with Crippen LogP contribution in [0.2, 0.25) is 0 Å². The third kappa shape index (κ3) is 4.57. The number of benzene rings is 1. The maximum atomic E-state index is 4.81. The number of rotatable bonds is 4. The van der Waals surface area contributed by atoms with Crippen molar-refractivity contribution in [3.05, 3.63) is 48.3 Å². The van der Waals surface area contributed by atoms with Crippen molar-refractivity contribution in [2.45, 2.75) is 32.6 Å². The van der Waals surface area contributed by atoms with Crippen molar-refractivity contribution < 1.29 is 41.9 Å². The number of hydrogen-bond acceptors (Lipinski definition) is 2. The molecule has 0 saturated heterocycles. The summed E-state index contributed by atoms with van der Waals surface area (Å²) in [5.41, 5.74) is 3.23. The van der Waals surface area contributed by atoms with E-state index in [2.05, 4.69) is 42.2 Å². The second kappa shape index (κ2) is 10.0. The van der Waals surface area contributed by atoms with Gasteiger partial charge in [-0.1, -0.05) is 44.0 Å². The van der Waals surface area contributed by atoms with E-state index in [0.29, 0.717) is 0 Å². The molecule has 0 aliphatic rings. The first-order chi connectivity index (χ1) is 9.38. The molecule has 2 aromatic heterocycles. The van der Waals surface area contributed by atoms with Gasteiger partial charge in [-0.2, -0.15) is 0 Å². The minimum Gasteiger partial charge on any atom is -1.00 e. The molecule has 1 aromatic carbocycles. The van der Waals surface area contributed by atoms with Crippen LogP contribution in [-0.2, 0) is 23.5 Å². The maximum absolute atomic E-state index is 4.81. The largest absolute Gasteiger partial charge is 2.00 e. The number of unbranched alkanes of at least 4 members (excludes halogenated alkanes) is 2. The third-order valence-electron chi connectivity index (χ3n) is 3.53. The maximum Gasteiger partial charge on any atom is 2.00 e. The summed E-state index contributed by atoms with van der Waals surface area (Å²) in [4.78, 5) is 9.30. The van der Waals surface area contributed by atoms with E-state index in [9.17, 15) is 0 Å². The molecule has 0 spiro atoms. The Morgan fingerprint density at radius 1 is 0.864 bits per heavy atom. The van der Waals surface area contributed by atoms with Gasteiger partial charge in [-0.05, 0) is 25.0 Å². The Morgan fingerprint density at radius 3 is 2.27 bits per heavy atom. The van der Waals surface area contributed by atoms with Crippen LogP contribution in [-0.4, -0.2) is 9.97 Å². The van der Waals surface area contributed by atoms with Crippen LogP contribution in [0.15, 0.2) is 42.6 Å². The number of aromatic nitrogens is 2. The molecule has 0 atom stereocenters. The Balaban J connectivity index is 0.00000147. The first kappa shape index (κ1) is 21.1. The summed E-state index contributed by atoms with van der Waals surface area (Å²) in [5, 5.41) is 2.33. The first-order valence-corrected chi connectivity index (χ1v) is 7.02. The van der Waals surface area contributed by atoms with Crippen LogP contribution in [0.1, 0.15) is 31.9 Å². The van der Waals surface area contributed by atoms with Gasteiger partial charge in [-0.3, -0.25) is 9.97 Å². The van der Waals surface area contributed by atoms with E-state index in [1.807, 2.05) is 12.3 Å². The van der Waals surface area contributed by atoms with Gasteiger partial charge in [-0.25, -0.2) is 0 Å². The number of hydrogen-bond donors (Lipinski definition) is 0. The second-order valence-electron chi connectivity index (χ2n) is 4.97. The van der Waals surface area contributed by atoms with Gasteiger partial charge in [0.15, 0.2) is 0 Å². The van der Waals surface area contributed by atoms with E-state index < -0.39 is 0 Å². The fourth-order valence-electron chi connectivity index (χ4n) is 2.46. The van der Waals surface area contributed by atoms with Gasteiger partial charge >= 0.3 is 17.1 Å². The molecule has 3 rings (SSSR count). The van der Waals surface area contributed by atoms with Crippen molar-refractivity contribution in [2.75, 3.05) is 0 Å². The molecule has 0 aliphatic carbocycles. The van der Waals surface area contributed by atoms with Crippen molar-refractivity contribution in [3.8, 4) is 0 Å². The molecule has 2 nitrogen and oxygen atoms in total. The molecule has 3 aromatic rings. The summed E-state index contributed by atoms with van der Waals surface area (Å²) in [7, 11) is 0. The van der Waals surface area contributed by atoms with Crippen LogP contribution >= 0.6 is 0 Å². The van der Waals surface area contributed by atoms with Crippen molar-refractivity contribution >= 4 is 21.8 Å². The Kier molecular flexibility index (Phi) is 9.62. The van der Waals surface area contributed by atoms with Crippen LogP contribution in [0.3, 0.4) is 0 Å². The standard InChI is InChI=1S/C17H18N2.2ClH.Fe/c1-2-3-4-7-15-11-10-14-9-8-13-6-5-12-18-16(13)17(14)19-15;;;/h5-6,8-12H,2-4,7H2,1H3;2*1H;/q;;;+2/p-2. The molecule has 0 saturated carbocycles. The van der Waals surface area contributed by atoms with E-state index >= 15 is 0 Å². The van der Waals surface area contributed by atoms with Crippen LogP contribution in [0.4, 0.5) is 0 Å². The number of halogens is 2. The number of aryl methyl sites for hydroxylation is 1. The summed E-state index contributed by atoms with van der Waals surface area (Å²) in [5.74, 6) is 0. The predicted octanol–water partition coefficient (Wildman–Crippen LogP) is -1.48. The molecule has 0 radical (unpaired) electrons. The SMILES string of the molecule is CCCCCc1ccc2ccc3cccnc3c2n1.[Cl-].[Cl-].[Fe+2]. The van der Waals surface area contributed by atoms with Crippen LogP contribution in [0.5, 0.6) is 0 Å². The van der Waals surface area contributed by atoms with Gasteiger partial charge in [0, 0.05) is 22.7 Å². The minimum atomic E-state index is 0. The van der Waals surface area contributed by atoms with Crippen LogP contribution < -0.4 is 24.8 Å². The Morgan fingerprint density at radius 2 is 1.55 bits per heavy atom. The molecule has 118 valence electrons. The minimum absolute atomic E-state index is 0. The molecule has 22 heavy (non-hydrogen) atoms. The van der Waals surface area contributed by atoms with Crippen molar-refractivity contribution in [1.29, 1.82) is 0 Å². The van der Waals surface area contributed by atoms with Gasteiger partial charge in [0.2, 0.25) is 0 Å². The second-order valence-corrected chi connectivity index (χ2v) is 4.97. The predicted molar refractivity (Wildman–Crippen MR) is 80.3 cm³/mol. The van der Waals surface area contributed by atoms with E-state index in [-0.39, 0.29) is 41.9 Å². The third-order valence-corrected chi connectivity index (χ3v) is 3.53. The molecule has 5 heteroatoms. The summed E-state index contributed by atoms with van der Waals surface area (Å²) in [6, 6.07) is 12.6. The van der Waals surface area contributed by atoms with Gasteiger partial charge in [-0.15, -0.1) is 0 Å². The molecule has 0 aliphatic heterocycles. The van der Waals surface area contributed by atoms with Gasteiger partial charge in [0.1, 0.15) is 0 Å². The molecule has 0 fully saturated rings. The Labute approximate surface area is 154 Å². The molecule has 2 heterocycles. The van der Waals surface area contributed by atoms with E-state index in [1.54, 1.807) is 0 Å². The summed E-state index contributed by atoms with van der Waals surface area (Å²) < 4.78 is 0. The average molecular weight is 377 g/mol. The molecule has 0 amide bonds. The van der Waals surface area contributed by atoms with Crippen molar-refractivity contribution in [1.82, 2.24) is 9.97 Å². The van der Waals surface area contributed by atoms with Gasteiger partial charge in [0.25, 0.3) is 0 Å². The number of pyridine rings is 2. The van der Waals surface area contributed by atoms with E-state index in [1.165, 1.54) is 30.3 Å². The Hall–Kier alpha value is -0.861. The van der Waals surface area contributed by atoms with Gasteiger partial charge in [0.05, 0.1) is 11.0 Å². The zero-order valence-corrected chi connectivity index (χ0v) is 15.0. The molecule has 0 bridgehead atoms. The van der Waals surface area contributed by atoms with Crippen molar-refractivity contribution in [3.63, 3.8) is 0 Å². The number of nitrogens with zero attached hydrogens (tertiary/aromatic N) is 2.